The molecule has 0 unspecified atom stereocenters. The van der Waals surface area contributed by atoms with Crippen molar-refractivity contribution >= 4 is 23.2 Å². The molecule has 0 atom stereocenters. The number of nitro benzene ring substituents is 1. The van der Waals surface area contributed by atoms with E-state index in [1.165, 1.54) is 25.0 Å². The van der Waals surface area contributed by atoms with E-state index in [0.29, 0.717) is 23.7 Å². The van der Waals surface area contributed by atoms with E-state index in [1.807, 2.05) is 12.1 Å². The summed E-state index contributed by atoms with van der Waals surface area (Å²) < 4.78 is 0. The first kappa shape index (κ1) is 21.3. The van der Waals surface area contributed by atoms with Crippen LogP contribution >= 0.6 is 11.6 Å². The monoisotopic (exact) mass is 415 g/mol. The number of piperidine rings is 1. The number of hydrogen-bond acceptors (Lipinski definition) is 4. The highest BCUT2D eigenvalue weighted by Gasteiger charge is 2.21. The summed E-state index contributed by atoms with van der Waals surface area (Å²) in [5.74, 6) is 0.553. The van der Waals surface area contributed by atoms with E-state index in [4.69, 9.17) is 11.6 Å². The summed E-state index contributed by atoms with van der Waals surface area (Å²) in [4.78, 5) is 27.9. The molecule has 0 spiro atoms. The van der Waals surface area contributed by atoms with Crippen LogP contribution in [0.2, 0.25) is 5.02 Å². The molecular formula is C22H26ClN3O3. The van der Waals surface area contributed by atoms with Gasteiger partial charge in [-0.05, 0) is 55.6 Å². The van der Waals surface area contributed by atoms with Gasteiger partial charge in [0.1, 0.15) is 0 Å². The van der Waals surface area contributed by atoms with Crippen molar-refractivity contribution in [1.82, 2.24) is 9.80 Å². The van der Waals surface area contributed by atoms with Gasteiger partial charge in [0.2, 0.25) is 0 Å². The summed E-state index contributed by atoms with van der Waals surface area (Å²) in [5.41, 5.74) is 1.23. The zero-order valence-electron chi connectivity index (χ0n) is 16.6. The van der Waals surface area contributed by atoms with Crippen molar-refractivity contribution in [3.8, 4) is 0 Å². The number of benzene rings is 2. The molecule has 0 radical (unpaired) electrons. The zero-order valence-corrected chi connectivity index (χ0v) is 17.3. The maximum absolute atomic E-state index is 13.2. The largest absolute Gasteiger partial charge is 0.333 e. The lowest BCUT2D eigenvalue weighted by atomic mass is 9.99. The molecule has 1 aliphatic rings. The average molecular weight is 416 g/mol. The highest BCUT2D eigenvalue weighted by Crippen LogP contribution is 2.19. The van der Waals surface area contributed by atoms with E-state index in [2.05, 4.69) is 11.8 Å². The Bertz CT molecular complexity index is 849. The first-order valence-electron chi connectivity index (χ1n) is 9.93. The first-order chi connectivity index (χ1) is 13.9. The lowest BCUT2D eigenvalue weighted by Crippen LogP contribution is -2.41. The van der Waals surface area contributed by atoms with Crippen molar-refractivity contribution < 1.29 is 9.72 Å². The quantitative estimate of drug-likeness (QED) is 0.488. The van der Waals surface area contributed by atoms with Gasteiger partial charge in [0, 0.05) is 42.4 Å². The van der Waals surface area contributed by atoms with Crippen LogP contribution in [0.4, 0.5) is 5.69 Å². The Morgan fingerprint density at radius 3 is 2.55 bits per heavy atom. The van der Waals surface area contributed by atoms with Crippen LogP contribution in [0, 0.1) is 16.0 Å². The molecule has 1 aliphatic heterocycles. The number of carbonyl (C=O) groups is 1. The van der Waals surface area contributed by atoms with E-state index in [0.717, 1.165) is 31.1 Å². The highest BCUT2D eigenvalue weighted by molar-refractivity contribution is 6.30. The smallest absolute Gasteiger partial charge is 0.270 e. The fourth-order valence-electron chi connectivity index (χ4n) is 3.55. The van der Waals surface area contributed by atoms with Gasteiger partial charge >= 0.3 is 0 Å². The van der Waals surface area contributed by atoms with E-state index in [9.17, 15) is 14.9 Å². The molecule has 0 saturated carbocycles. The minimum Gasteiger partial charge on any atom is -0.333 e. The van der Waals surface area contributed by atoms with Crippen LogP contribution in [-0.2, 0) is 6.54 Å². The maximum Gasteiger partial charge on any atom is 0.270 e. The van der Waals surface area contributed by atoms with Crippen LogP contribution in [-0.4, -0.2) is 46.8 Å². The SMILES string of the molecule is CC1CCN(CCN(Cc2ccc(Cl)cc2)C(=O)c2cccc([N+](=O)[O-])c2)CC1. The van der Waals surface area contributed by atoms with Gasteiger partial charge in [-0.2, -0.15) is 0 Å². The minimum absolute atomic E-state index is 0.0766. The molecule has 2 aromatic rings. The Hall–Kier alpha value is -2.44. The van der Waals surface area contributed by atoms with Gasteiger partial charge in [-0.25, -0.2) is 0 Å². The predicted molar refractivity (Wildman–Crippen MR) is 114 cm³/mol. The third kappa shape index (κ3) is 6.02. The topological polar surface area (TPSA) is 66.7 Å². The number of likely N-dealkylation sites (tertiary alicyclic amines) is 1. The molecule has 0 bridgehead atoms. The third-order valence-electron chi connectivity index (χ3n) is 5.44. The molecule has 3 rings (SSSR count). The second kappa shape index (κ2) is 9.85. The van der Waals surface area contributed by atoms with Gasteiger partial charge in [-0.15, -0.1) is 0 Å². The molecule has 2 aromatic carbocycles. The summed E-state index contributed by atoms with van der Waals surface area (Å²) in [6.45, 7) is 6.15. The van der Waals surface area contributed by atoms with Crippen LogP contribution in [0.1, 0.15) is 35.7 Å². The Labute approximate surface area is 176 Å². The Kier molecular flexibility index (Phi) is 7.23. The third-order valence-corrected chi connectivity index (χ3v) is 5.69. The summed E-state index contributed by atoms with van der Waals surface area (Å²) in [5, 5.41) is 11.7. The number of carbonyl (C=O) groups excluding carboxylic acids is 1. The van der Waals surface area contributed by atoms with Gasteiger partial charge in [-0.1, -0.05) is 36.7 Å². The number of amides is 1. The van der Waals surface area contributed by atoms with Crippen molar-refractivity contribution in [1.29, 1.82) is 0 Å². The van der Waals surface area contributed by atoms with E-state index in [1.54, 1.807) is 29.2 Å². The number of non-ortho nitro benzene ring substituents is 1. The fourth-order valence-corrected chi connectivity index (χ4v) is 3.67. The number of nitro groups is 1. The summed E-state index contributed by atoms with van der Waals surface area (Å²) >= 11 is 5.98. The minimum atomic E-state index is -0.477. The number of rotatable bonds is 7. The molecule has 1 fully saturated rings. The van der Waals surface area contributed by atoms with Crippen molar-refractivity contribution in [2.45, 2.75) is 26.3 Å². The molecule has 0 N–H and O–H groups in total. The van der Waals surface area contributed by atoms with Crippen LogP contribution in [0.25, 0.3) is 0 Å². The Balaban J connectivity index is 1.75. The van der Waals surface area contributed by atoms with Crippen LogP contribution in [0.15, 0.2) is 48.5 Å². The van der Waals surface area contributed by atoms with Gasteiger partial charge in [0.25, 0.3) is 11.6 Å². The molecule has 1 saturated heterocycles. The molecule has 0 aliphatic carbocycles. The molecule has 1 heterocycles. The molecule has 7 heteroatoms. The van der Waals surface area contributed by atoms with Crippen LogP contribution in [0.5, 0.6) is 0 Å². The number of hydrogen-bond donors (Lipinski definition) is 0. The van der Waals surface area contributed by atoms with E-state index >= 15 is 0 Å². The summed E-state index contributed by atoms with van der Waals surface area (Å²) in [6, 6.07) is 13.3. The zero-order chi connectivity index (χ0) is 20.8. The van der Waals surface area contributed by atoms with Crippen molar-refractivity contribution in [3.05, 3.63) is 74.8 Å². The molecule has 6 nitrogen and oxygen atoms in total. The van der Waals surface area contributed by atoms with Gasteiger partial charge in [0.05, 0.1) is 4.92 Å². The van der Waals surface area contributed by atoms with Crippen molar-refractivity contribution in [2.24, 2.45) is 5.92 Å². The number of nitrogens with zero attached hydrogens (tertiary/aromatic N) is 3. The Morgan fingerprint density at radius 1 is 1.21 bits per heavy atom. The second-order valence-electron chi connectivity index (χ2n) is 7.68. The summed E-state index contributed by atoms with van der Waals surface area (Å²) in [7, 11) is 0. The van der Waals surface area contributed by atoms with Gasteiger partial charge in [0.15, 0.2) is 0 Å². The fraction of sp³-hybridized carbons (Fsp3) is 0.409. The van der Waals surface area contributed by atoms with E-state index in [-0.39, 0.29) is 11.6 Å². The van der Waals surface area contributed by atoms with Crippen LogP contribution < -0.4 is 0 Å². The summed E-state index contributed by atoms with van der Waals surface area (Å²) in [6.07, 6.45) is 2.35. The van der Waals surface area contributed by atoms with Crippen molar-refractivity contribution in [3.63, 3.8) is 0 Å². The molecule has 154 valence electrons. The number of halogens is 1. The van der Waals surface area contributed by atoms with Crippen LogP contribution in [0.3, 0.4) is 0 Å². The first-order valence-corrected chi connectivity index (χ1v) is 10.3. The lowest BCUT2D eigenvalue weighted by Gasteiger charge is -2.32. The molecule has 0 aromatic heterocycles. The average Bonchev–Trinajstić information content (AvgIpc) is 2.73. The van der Waals surface area contributed by atoms with E-state index < -0.39 is 4.92 Å². The van der Waals surface area contributed by atoms with Gasteiger partial charge < -0.3 is 9.80 Å². The molecule has 1 amide bonds. The van der Waals surface area contributed by atoms with Gasteiger partial charge in [-0.3, -0.25) is 14.9 Å². The Morgan fingerprint density at radius 2 is 1.90 bits per heavy atom. The normalized spacial score (nSPS) is 15.2. The second-order valence-corrected chi connectivity index (χ2v) is 8.12. The lowest BCUT2D eigenvalue weighted by molar-refractivity contribution is -0.384. The standard InChI is InChI=1S/C22H26ClN3O3/c1-17-9-11-24(12-10-17)13-14-25(16-18-5-7-20(23)8-6-18)22(27)19-3-2-4-21(15-19)26(28)29/h2-8,15,17H,9-14,16H2,1H3. The van der Waals surface area contributed by atoms with Crippen molar-refractivity contribution in [2.75, 3.05) is 26.2 Å². The molecular weight excluding hydrogens is 390 g/mol. The predicted octanol–water partition coefficient (Wildman–Crippen LogP) is 4.62. The maximum atomic E-state index is 13.2. The molecule has 29 heavy (non-hydrogen) atoms. The highest BCUT2D eigenvalue weighted by atomic mass is 35.5.